The number of anilines is 3. The first kappa shape index (κ1) is 26.7. The van der Waals surface area contributed by atoms with Crippen LogP contribution in [0.1, 0.15) is 11.8 Å². The number of hydrogen-bond donors (Lipinski definition) is 6. The lowest BCUT2D eigenvalue weighted by atomic mass is 10.1. The summed E-state index contributed by atoms with van der Waals surface area (Å²) in [5.41, 5.74) is 4.20. The third kappa shape index (κ3) is 5.92. The largest absolute Gasteiger partial charge is 0.394 e. The third-order valence-electron chi connectivity index (χ3n) is 6.12. The maximum Gasteiger partial charge on any atom is 0.171 e. The molecular formula is C25H24N8O4S2. The zero-order valence-electron chi connectivity index (χ0n) is 20.3. The van der Waals surface area contributed by atoms with Gasteiger partial charge in [0.2, 0.25) is 0 Å². The van der Waals surface area contributed by atoms with Gasteiger partial charge in [0, 0.05) is 17.9 Å². The smallest absolute Gasteiger partial charge is 0.171 e. The van der Waals surface area contributed by atoms with Gasteiger partial charge in [0.05, 0.1) is 23.8 Å². The summed E-state index contributed by atoms with van der Waals surface area (Å²) in [6.45, 7) is 0.0991. The monoisotopic (exact) mass is 564 g/mol. The van der Waals surface area contributed by atoms with Crippen molar-refractivity contribution in [3.05, 3.63) is 66.7 Å². The Balaban J connectivity index is 1.20. The number of ether oxygens (including phenoxy) is 1. The Morgan fingerprint density at radius 1 is 1.03 bits per heavy atom. The van der Waals surface area contributed by atoms with Gasteiger partial charge in [0.1, 0.15) is 24.6 Å². The molecule has 0 saturated carbocycles. The first-order valence-corrected chi connectivity index (χ1v) is 12.7. The average molecular weight is 565 g/mol. The fourth-order valence-electron chi connectivity index (χ4n) is 4.11. The van der Waals surface area contributed by atoms with Gasteiger partial charge in [-0.05, 0) is 66.4 Å². The standard InChI is InChI=1S/C25H24N8O4S2/c34-10-18-20(35)21(36)24(37-18)33-12-29-19-22(27-11-28-23(19)33)31-16-3-1-14(2-4-16)9-26-25(39)32-17-7-5-15(6-8-17)30-13-38/h1-8,11-12,18,20-21,24,34-36H,9-10H2,(H2,26,32,39)(H,27,28,31)/t18-,20-,21-,24-/m1/s1. The topological polar surface area (TPSA) is 162 Å². The Bertz CT molecular complexity index is 1510. The van der Waals surface area contributed by atoms with Crippen molar-refractivity contribution in [2.24, 2.45) is 4.99 Å². The summed E-state index contributed by atoms with van der Waals surface area (Å²) in [6, 6.07) is 15.0. The molecule has 2 aromatic carbocycles. The predicted molar refractivity (Wildman–Crippen MR) is 152 cm³/mol. The lowest BCUT2D eigenvalue weighted by Gasteiger charge is -2.16. The number of hydrogen-bond acceptors (Lipinski definition) is 11. The van der Waals surface area contributed by atoms with Gasteiger partial charge in [-0.2, -0.15) is 4.99 Å². The van der Waals surface area contributed by atoms with E-state index in [0.29, 0.717) is 28.6 Å². The van der Waals surface area contributed by atoms with Gasteiger partial charge in [0.25, 0.3) is 0 Å². The first-order chi connectivity index (χ1) is 19.0. The van der Waals surface area contributed by atoms with E-state index in [1.54, 1.807) is 0 Å². The molecule has 0 radical (unpaired) electrons. The second kappa shape index (κ2) is 11.9. The van der Waals surface area contributed by atoms with Crippen LogP contribution in [0, 0.1) is 0 Å². The molecule has 4 aromatic rings. The van der Waals surface area contributed by atoms with Crippen LogP contribution in [0.3, 0.4) is 0 Å². The number of aliphatic hydroxyl groups is 3. The number of aliphatic imine (C=N–C) groups is 1. The van der Waals surface area contributed by atoms with Crippen LogP contribution in [-0.4, -0.2) is 70.0 Å². The summed E-state index contributed by atoms with van der Waals surface area (Å²) >= 11 is 9.99. The van der Waals surface area contributed by atoms with E-state index in [2.05, 4.69) is 53.3 Å². The van der Waals surface area contributed by atoms with Gasteiger partial charge >= 0.3 is 0 Å². The molecule has 1 aliphatic rings. The molecule has 39 heavy (non-hydrogen) atoms. The van der Waals surface area contributed by atoms with Crippen LogP contribution < -0.4 is 16.0 Å². The normalized spacial score (nSPS) is 20.4. The first-order valence-electron chi connectivity index (χ1n) is 11.9. The highest BCUT2D eigenvalue weighted by Gasteiger charge is 2.44. The molecular weight excluding hydrogens is 540 g/mol. The van der Waals surface area contributed by atoms with E-state index < -0.39 is 31.1 Å². The number of nitrogens with zero attached hydrogens (tertiary/aromatic N) is 5. The summed E-state index contributed by atoms with van der Waals surface area (Å²) in [5, 5.41) is 42.2. The minimum Gasteiger partial charge on any atom is -0.394 e. The van der Waals surface area contributed by atoms with Gasteiger partial charge in [0.15, 0.2) is 28.3 Å². The lowest BCUT2D eigenvalue weighted by Crippen LogP contribution is -2.33. The second-order valence-corrected chi connectivity index (χ2v) is 9.25. The van der Waals surface area contributed by atoms with E-state index in [0.717, 1.165) is 22.6 Å². The molecule has 1 saturated heterocycles. The SMILES string of the molecule is OC[C@H]1O[C@@H](n2cnc3c(Nc4ccc(CNC(=S)Nc5ccc(N=C=S)cc5)cc4)ncnc32)[C@H](O)[C@@H]1O. The number of nitrogens with one attached hydrogen (secondary N) is 3. The lowest BCUT2D eigenvalue weighted by molar-refractivity contribution is -0.0511. The molecule has 200 valence electrons. The highest BCUT2D eigenvalue weighted by molar-refractivity contribution is 7.80. The molecule has 14 heteroatoms. The van der Waals surface area contributed by atoms with Gasteiger partial charge in [-0.3, -0.25) is 4.57 Å². The molecule has 2 aromatic heterocycles. The maximum absolute atomic E-state index is 10.4. The molecule has 1 aliphatic heterocycles. The van der Waals surface area contributed by atoms with Crippen molar-refractivity contribution in [1.82, 2.24) is 24.8 Å². The fourth-order valence-corrected chi connectivity index (χ4v) is 4.41. The quantitative estimate of drug-likeness (QED) is 0.137. The highest BCUT2D eigenvalue weighted by atomic mass is 32.1. The molecule has 0 bridgehead atoms. The summed E-state index contributed by atoms with van der Waals surface area (Å²) in [5.74, 6) is 0.462. The molecule has 4 atom stereocenters. The third-order valence-corrected chi connectivity index (χ3v) is 6.46. The summed E-state index contributed by atoms with van der Waals surface area (Å²) < 4.78 is 7.12. The van der Waals surface area contributed by atoms with Gasteiger partial charge < -0.3 is 36.0 Å². The van der Waals surface area contributed by atoms with Gasteiger partial charge in [-0.1, -0.05) is 12.1 Å². The number of imidazole rings is 1. The number of aromatic nitrogens is 4. The Kier molecular flexibility index (Phi) is 8.14. The number of benzene rings is 2. The highest BCUT2D eigenvalue weighted by Crippen LogP contribution is 2.32. The molecule has 5 rings (SSSR count). The van der Waals surface area contributed by atoms with Gasteiger partial charge in [-0.25, -0.2) is 15.0 Å². The van der Waals surface area contributed by atoms with E-state index in [1.165, 1.54) is 17.2 Å². The minimum absolute atomic E-state index is 0.408. The minimum atomic E-state index is -1.24. The average Bonchev–Trinajstić information content (AvgIpc) is 3.50. The van der Waals surface area contributed by atoms with E-state index in [1.807, 2.05) is 48.5 Å². The van der Waals surface area contributed by atoms with Gasteiger partial charge in [-0.15, -0.1) is 0 Å². The van der Waals surface area contributed by atoms with Crippen molar-refractivity contribution in [2.75, 3.05) is 17.2 Å². The number of fused-ring (bicyclic) bond motifs is 1. The van der Waals surface area contributed by atoms with Crippen LogP contribution >= 0.6 is 24.4 Å². The Labute approximate surface area is 233 Å². The Morgan fingerprint density at radius 2 is 1.77 bits per heavy atom. The van der Waals surface area contributed by atoms with Crippen molar-refractivity contribution in [1.29, 1.82) is 0 Å². The summed E-state index contributed by atoms with van der Waals surface area (Å²) in [4.78, 5) is 16.9. The van der Waals surface area contributed by atoms with Crippen LogP contribution in [0.15, 0.2) is 66.2 Å². The molecule has 0 spiro atoms. The van der Waals surface area contributed by atoms with Crippen LogP contribution in [-0.2, 0) is 11.3 Å². The molecule has 1 fully saturated rings. The van der Waals surface area contributed by atoms with Crippen molar-refractivity contribution >= 4 is 68.8 Å². The van der Waals surface area contributed by atoms with E-state index in [9.17, 15) is 15.3 Å². The number of thiocarbonyl (C=S) groups is 2. The second-order valence-electron chi connectivity index (χ2n) is 8.65. The maximum atomic E-state index is 10.4. The van der Waals surface area contributed by atoms with Crippen molar-refractivity contribution in [3.63, 3.8) is 0 Å². The molecule has 0 aliphatic carbocycles. The van der Waals surface area contributed by atoms with Crippen molar-refractivity contribution in [2.45, 2.75) is 31.1 Å². The van der Waals surface area contributed by atoms with Crippen LogP contribution in [0.2, 0.25) is 0 Å². The fraction of sp³-hybridized carbons (Fsp3) is 0.240. The zero-order chi connectivity index (χ0) is 27.4. The zero-order valence-corrected chi connectivity index (χ0v) is 21.9. The molecule has 0 amide bonds. The van der Waals surface area contributed by atoms with Crippen molar-refractivity contribution in [3.8, 4) is 0 Å². The van der Waals surface area contributed by atoms with E-state index >= 15 is 0 Å². The number of isothiocyanates is 1. The Hall–Kier alpha value is -3.88. The summed E-state index contributed by atoms with van der Waals surface area (Å²) in [6.07, 6.45) is -1.49. The molecule has 0 unspecified atom stereocenters. The molecule has 12 nitrogen and oxygen atoms in total. The number of aliphatic hydroxyl groups excluding tert-OH is 3. The summed E-state index contributed by atoms with van der Waals surface area (Å²) in [7, 11) is 0. The van der Waals surface area contributed by atoms with E-state index in [4.69, 9.17) is 17.0 Å². The van der Waals surface area contributed by atoms with Crippen LogP contribution in [0.5, 0.6) is 0 Å². The molecule has 3 heterocycles. The van der Waals surface area contributed by atoms with Crippen molar-refractivity contribution < 1.29 is 20.1 Å². The number of rotatable bonds is 8. The van der Waals surface area contributed by atoms with Crippen LogP contribution in [0.25, 0.3) is 11.2 Å². The molecule has 6 N–H and O–H groups in total. The van der Waals surface area contributed by atoms with Crippen LogP contribution in [0.4, 0.5) is 22.9 Å². The Morgan fingerprint density at radius 3 is 2.46 bits per heavy atom. The predicted octanol–water partition coefficient (Wildman–Crippen LogP) is 2.40. The van der Waals surface area contributed by atoms with E-state index in [-0.39, 0.29) is 0 Å².